The summed E-state index contributed by atoms with van der Waals surface area (Å²) in [5.74, 6) is 0.680. The summed E-state index contributed by atoms with van der Waals surface area (Å²) < 4.78 is 3.37. The van der Waals surface area contributed by atoms with Crippen molar-refractivity contribution in [1.29, 1.82) is 0 Å². The zero-order chi connectivity index (χ0) is 14.1. The average molecular weight is 460 g/mol. The fourth-order valence-electron chi connectivity index (χ4n) is 2.59. The molecule has 1 N–H and O–H groups in total. The quantitative estimate of drug-likeness (QED) is 0.565. The first-order chi connectivity index (χ1) is 9.61. The van der Waals surface area contributed by atoms with Crippen molar-refractivity contribution < 1.29 is 0 Å². The molecular formula is C16H14Br3N. The Balaban J connectivity index is 1.61. The van der Waals surface area contributed by atoms with Crippen LogP contribution in [0.2, 0.25) is 0 Å². The van der Waals surface area contributed by atoms with Crippen molar-refractivity contribution in [3.05, 3.63) is 61.4 Å². The molecule has 3 rings (SSSR count). The lowest BCUT2D eigenvalue weighted by molar-refractivity contribution is 0.374. The first kappa shape index (κ1) is 14.6. The van der Waals surface area contributed by atoms with E-state index < -0.39 is 0 Å². The molecule has 0 spiro atoms. The molecule has 0 saturated heterocycles. The van der Waals surface area contributed by atoms with Crippen LogP contribution < -0.4 is 5.32 Å². The molecule has 4 heteroatoms. The maximum Gasteiger partial charge on any atom is 0.0487 e. The Bertz CT molecular complexity index is 621. The molecule has 0 amide bonds. The topological polar surface area (TPSA) is 12.0 Å². The third kappa shape index (κ3) is 3.29. The minimum Gasteiger partial charge on any atom is -0.381 e. The van der Waals surface area contributed by atoms with Crippen molar-refractivity contribution in [2.75, 3.05) is 5.32 Å². The average Bonchev–Trinajstić information content (AvgIpc) is 2.35. The van der Waals surface area contributed by atoms with Gasteiger partial charge in [0.2, 0.25) is 0 Å². The Labute approximate surface area is 144 Å². The molecule has 0 atom stereocenters. The number of halogens is 3. The second kappa shape index (κ2) is 6.20. The Morgan fingerprint density at radius 3 is 2.35 bits per heavy atom. The molecule has 1 saturated carbocycles. The Morgan fingerprint density at radius 2 is 1.65 bits per heavy atom. The maximum atomic E-state index is 3.61. The normalized spacial score (nSPS) is 21.4. The van der Waals surface area contributed by atoms with Crippen LogP contribution in [0.15, 0.2) is 55.9 Å². The molecule has 0 aliphatic heterocycles. The summed E-state index contributed by atoms with van der Waals surface area (Å²) in [5.41, 5.74) is 2.61. The standard InChI is InChI=1S/C16H14Br3N/c17-12-3-1-2-10(6-12)11-7-14(8-11)20-16-5-4-13(18)9-15(16)19/h1-6,9,11,14,20H,7-8H2. The molecule has 2 aromatic rings. The molecule has 0 unspecified atom stereocenters. The van der Waals surface area contributed by atoms with Gasteiger partial charge in [-0.25, -0.2) is 0 Å². The van der Waals surface area contributed by atoms with Gasteiger partial charge in [0, 0.05) is 25.1 Å². The van der Waals surface area contributed by atoms with Gasteiger partial charge in [-0.1, -0.05) is 44.0 Å². The predicted molar refractivity (Wildman–Crippen MR) is 95.4 cm³/mol. The van der Waals surface area contributed by atoms with Crippen LogP contribution in [0.3, 0.4) is 0 Å². The van der Waals surface area contributed by atoms with Crippen molar-refractivity contribution in [1.82, 2.24) is 0 Å². The molecule has 1 nitrogen and oxygen atoms in total. The first-order valence-corrected chi connectivity index (χ1v) is 8.97. The van der Waals surface area contributed by atoms with Crippen LogP contribution in [0.1, 0.15) is 24.3 Å². The molecule has 1 fully saturated rings. The van der Waals surface area contributed by atoms with E-state index in [9.17, 15) is 0 Å². The lowest BCUT2D eigenvalue weighted by Gasteiger charge is -2.37. The summed E-state index contributed by atoms with van der Waals surface area (Å²) >= 11 is 10.6. The van der Waals surface area contributed by atoms with Crippen molar-refractivity contribution in [2.45, 2.75) is 24.8 Å². The van der Waals surface area contributed by atoms with E-state index in [0.717, 1.165) is 8.95 Å². The van der Waals surface area contributed by atoms with Crippen molar-refractivity contribution in [3.8, 4) is 0 Å². The van der Waals surface area contributed by atoms with Crippen LogP contribution in [0.5, 0.6) is 0 Å². The van der Waals surface area contributed by atoms with Crippen LogP contribution in [0, 0.1) is 0 Å². The van der Waals surface area contributed by atoms with Crippen molar-refractivity contribution >= 4 is 53.5 Å². The van der Waals surface area contributed by atoms with Crippen LogP contribution in [0.25, 0.3) is 0 Å². The molecule has 0 aromatic heterocycles. The second-order valence-electron chi connectivity index (χ2n) is 5.19. The molecule has 0 bridgehead atoms. The van der Waals surface area contributed by atoms with Gasteiger partial charge in [-0.2, -0.15) is 0 Å². The van der Waals surface area contributed by atoms with Crippen LogP contribution in [-0.4, -0.2) is 6.04 Å². The third-order valence-corrected chi connectivity index (χ3v) is 5.39. The summed E-state index contributed by atoms with van der Waals surface area (Å²) in [7, 11) is 0. The van der Waals surface area contributed by atoms with Gasteiger partial charge in [0.25, 0.3) is 0 Å². The molecule has 20 heavy (non-hydrogen) atoms. The third-order valence-electron chi connectivity index (χ3n) is 3.75. The van der Waals surface area contributed by atoms with E-state index in [0.29, 0.717) is 12.0 Å². The lowest BCUT2D eigenvalue weighted by atomic mass is 9.76. The highest BCUT2D eigenvalue weighted by molar-refractivity contribution is 9.11. The van der Waals surface area contributed by atoms with Gasteiger partial charge in [0.15, 0.2) is 0 Å². The summed E-state index contributed by atoms with van der Waals surface area (Å²) in [4.78, 5) is 0. The zero-order valence-electron chi connectivity index (χ0n) is 10.7. The van der Waals surface area contributed by atoms with E-state index in [1.54, 1.807) is 0 Å². The Kier molecular flexibility index (Phi) is 4.53. The van der Waals surface area contributed by atoms with Gasteiger partial charge in [0.05, 0.1) is 0 Å². The van der Waals surface area contributed by atoms with Gasteiger partial charge in [-0.15, -0.1) is 0 Å². The van der Waals surface area contributed by atoms with E-state index >= 15 is 0 Å². The monoisotopic (exact) mass is 457 g/mol. The number of hydrogen-bond donors (Lipinski definition) is 1. The summed E-state index contributed by atoms with van der Waals surface area (Å²) in [5, 5.41) is 3.61. The Morgan fingerprint density at radius 1 is 0.900 bits per heavy atom. The van der Waals surface area contributed by atoms with Gasteiger partial charge >= 0.3 is 0 Å². The number of hydrogen-bond acceptors (Lipinski definition) is 1. The van der Waals surface area contributed by atoms with Crippen molar-refractivity contribution in [3.63, 3.8) is 0 Å². The van der Waals surface area contributed by atoms with E-state index in [1.165, 1.54) is 28.6 Å². The predicted octanol–water partition coefficient (Wildman–Crippen LogP) is 6.33. The highest BCUT2D eigenvalue weighted by atomic mass is 79.9. The molecule has 1 aliphatic carbocycles. The minimum absolute atomic E-state index is 0.566. The number of nitrogens with one attached hydrogen (secondary N) is 1. The van der Waals surface area contributed by atoms with Gasteiger partial charge in [-0.05, 0) is 70.6 Å². The molecule has 0 heterocycles. The van der Waals surface area contributed by atoms with Gasteiger partial charge in [-0.3, -0.25) is 0 Å². The van der Waals surface area contributed by atoms with E-state index in [2.05, 4.69) is 95.6 Å². The van der Waals surface area contributed by atoms with Crippen LogP contribution in [-0.2, 0) is 0 Å². The molecular weight excluding hydrogens is 446 g/mol. The van der Waals surface area contributed by atoms with Crippen molar-refractivity contribution in [2.24, 2.45) is 0 Å². The van der Waals surface area contributed by atoms with E-state index in [1.807, 2.05) is 0 Å². The minimum atomic E-state index is 0.566. The summed E-state index contributed by atoms with van der Waals surface area (Å²) in [6.07, 6.45) is 2.39. The first-order valence-electron chi connectivity index (χ1n) is 6.59. The van der Waals surface area contributed by atoms with E-state index in [4.69, 9.17) is 0 Å². The van der Waals surface area contributed by atoms with Gasteiger partial charge in [0.1, 0.15) is 0 Å². The fourth-order valence-corrected chi connectivity index (χ4v) is 4.17. The second-order valence-corrected chi connectivity index (χ2v) is 7.87. The maximum absolute atomic E-state index is 3.61. The van der Waals surface area contributed by atoms with Crippen LogP contribution in [0.4, 0.5) is 5.69 Å². The highest BCUT2D eigenvalue weighted by Crippen LogP contribution is 2.40. The summed E-state index contributed by atoms with van der Waals surface area (Å²) in [6.45, 7) is 0. The van der Waals surface area contributed by atoms with Crippen LogP contribution >= 0.6 is 47.8 Å². The molecule has 2 aromatic carbocycles. The molecule has 104 valence electrons. The molecule has 0 radical (unpaired) electrons. The highest BCUT2D eigenvalue weighted by Gasteiger charge is 2.30. The number of anilines is 1. The fraction of sp³-hybridized carbons (Fsp3) is 0.250. The zero-order valence-corrected chi connectivity index (χ0v) is 15.5. The number of benzene rings is 2. The van der Waals surface area contributed by atoms with Gasteiger partial charge < -0.3 is 5.32 Å². The number of rotatable bonds is 3. The lowest BCUT2D eigenvalue weighted by Crippen LogP contribution is -2.34. The largest absolute Gasteiger partial charge is 0.381 e. The summed E-state index contributed by atoms with van der Waals surface area (Å²) in [6, 6.07) is 15.5. The smallest absolute Gasteiger partial charge is 0.0487 e. The van der Waals surface area contributed by atoms with E-state index in [-0.39, 0.29) is 0 Å². The molecule has 1 aliphatic rings. The SMILES string of the molecule is Brc1cccc(C2CC(Nc3ccc(Br)cc3Br)C2)c1. The Hall–Kier alpha value is -0.320.